The van der Waals surface area contributed by atoms with Gasteiger partial charge in [-0.2, -0.15) is 0 Å². The summed E-state index contributed by atoms with van der Waals surface area (Å²) in [5.74, 6) is -0.313. The van der Waals surface area contributed by atoms with E-state index >= 15 is 0 Å². The van der Waals surface area contributed by atoms with Gasteiger partial charge in [0, 0.05) is 0 Å². The van der Waals surface area contributed by atoms with Crippen molar-refractivity contribution in [2.45, 2.75) is 13.0 Å². The number of aromatic amines is 2. The highest BCUT2D eigenvalue weighted by atomic mass is 16.2. The maximum atomic E-state index is 12.7. The molecule has 0 bridgehead atoms. The van der Waals surface area contributed by atoms with Gasteiger partial charge in [-0.05, 0) is 31.2 Å². The van der Waals surface area contributed by atoms with E-state index in [4.69, 9.17) is 5.73 Å². The quantitative estimate of drug-likeness (QED) is 0.449. The number of fused-ring (bicyclic) bond motifs is 2. The number of nitrogens with zero attached hydrogens (tertiary/aromatic N) is 2. The van der Waals surface area contributed by atoms with Crippen molar-refractivity contribution in [3.05, 3.63) is 59.7 Å². The summed E-state index contributed by atoms with van der Waals surface area (Å²) in [7, 11) is 0. The van der Waals surface area contributed by atoms with Crippen molar-refractivity contribution in [2.24, 2.45) is 5.73 Å². The lowest BCUT2D eigenvalue weighted by Gasteiger charge is -2.11. The van der Waals surface area contributed by atoms with Gasteiger partial charge >= 0.3 is 0 Å². The van der Waals surface area contributed by atoms with E-state index in [9.17, 15) is 9.59 Å². The largest absolute Gasteiger partial charge is 0.363 e. The highest BCUT2D eigenvalue weighted by Gasteiger charge is 2.19. The minimum absolute atomic E-state index is 0.0191. The number of benzene rings is 2. The Balaban J connectivity index is 1.63. The van der Waals surface area contributed by atoms with E-state index in [1.165, 1.54) is 0 Å². The minimum Gasteiger partial charge on any atom is -0.363 e. The number of carbonyl (C=O) groups is 2. The molecule has 0 aliphatic heterocycles. The first-order valence-corrected chi connectivity index (χ1v) is 8.07. The molecule has 8 heteroatoms. The topological polar surface area (TPSA) is 130 Å². The number of aromatic nitrogens is 4. The van der Waals surface area contributed by atoms with Gasteiger partial charge in [0.25, 0.3) is 11.8 Å². The van der Waals surface area contributed by atoms with Crippen LogP contribution in [0.3, 0.4) is 0 Å². The molecule has 0 saturated heterocycles. The third-order valence-corrected chi connectivity index (χ3v) is 4.16. The number of carbonyl (C=O) groups excluding carboxylic acids is 2. The second-order valence-electron chi connectivity index (χ2n) is 5.99. The van der Waals surface area contributed by atoms with Gasteiger partial charge in [0.2, 0.25) is 0 Å². The van der Waals surface area contributed by atoms with Crippen LogP contribution >= 0.6 is 0 Å². The number of para-hydroxylation sites is 3. The van der Waals surface area contributed by atoms with Crippen molar-refractivity contribution in [1.82, 2.24) is 25.3 Å². The Bertz CT molecular complexity index is 1110. The van der Waals surface area contributed by atoms with Crippen LogP contribution in [0.4, 0.5) is 0 Å². The van der Waals surface area contributed by atoms with Crippen LogP contribution in [0.25, 0.3) is 22.1 Å². The second kappa shape index (κ2) is 5.99. The Morgan fingerprint density at radius 2 is 1.81 bits per heavy atom. The Hall–Kier alpha value is -3.68. The number of hydrogen-bond acceptors (Lipinski definition) is 4. The molecular weight excluding hydrogens is 332 g/mol. The standard InChI is InChI=1S/C18H16N6O2/c1-9(16-21-11-6-2-3-7-12(11)22-16)20-18(26)10-5-4-8-13-14(10)24-17(23-13)15(19)25/h2-9H,1H3,(H2,19,25)(H,20,26)(H,21,22)(H,23,24). The summed E-state index contributed by atoms with van der Waals surface area (Å²) in [6.07, 6.45) is 0. The van der Waals surface area contributed by atoms with Crippen LogP contribution in [0.1, 0.15) is 39.8 Å². The molecule has 5 N–H and O–H groups in total. The van der Waals surface area contributed by atoms with Gasteiger partial charge in [-0.25, -0.2) is 9.97 Å². The van der Waals surface area contributed by atoms with E-state index < -0.39 is 5.91 Å². The molecule has 4 aromatic rings. The monoisotopic (exact) mass is 348 g/mol. The maximum absolute atomic E-state index is 12.7. The molecule has 26 heavy (non-hydrogen) atoms. The third kappa shape index (κ3) is 2.67. The van der Waals surface area contributed by atoms with Crippen LogP contribution in [0, 0.1) is 0 Å². The molecule has 0 saturated carbocycles. The van der Waals surface area contributed by atoms with E-state index in [1.54, 1.807) is 18.2 Å². The van der Waals surface area contributed by atoms with E-state index in [-0.39, 0.29) is 17.8 Å². The highest BCUT2D eigenvalue weighted by molar-refractivity contribution is 6.06. The number of primary amides is 1. The molecule has 1 atom stereocenters. The Kier molecular flexibility index (Phi) is 3.65. The van der Waals surface area contributed by atoms with Crippen molar-refractivity contribution < 1.29 is 9.59 Å². The van der Waals surface area contributed by atoms with Gasteiger partial charge in [-0.15, -0.1) is 0 Å². The zero-order valence-corrected chi connectivity index (χ0v) is 13.9. The lowest BCUT2D eigenvalue weighted by Crippen LogP contribution is -2.27. The average molecular weight is 348 g/mol. The summed E-state index contributed by atoms with van der Waals surface area (Å²) in [5, 5.41) is 2.90. The molecule has 2 aromatic heterocycles. The molecule has 2 heterocycles. The predicted octanol–water partition coefficient (Wildman–Crippen LogP) is 2.03. The predicted molar refractivity (Wildman–Crippen MR) is 96.6 cm³/mol. The van der Waals surface area contributed by atoms with Gasteiger partial charge in [0.1, 0.15) is 11.3 Å². The summed E-state index contributed by atoms with van der Waals surface area (Å²) < 4.78 is 0. The Labute approximate surface area is 147 Å². The number of amides is 2. The van der Waals surface area contributed by atoms with Gasteiger partial charge in [0.15, 0.2) is 5.82 Å². The van der Waals surface area contributed by atoms with Crippen LogP contribution in [-0.4, -0.2) is 31.8 Å². The summed E-state index contributed by atoms with van der Waals surface area (Å²) in [6, 6.07) is 12.4. The molecule has 0 aliphatic rings. The zero-order valence-electron chi connectivity index (χ0n) is 13.9. The van der Waals surface area contributed by atoms with Crippen molar-refractivity contribution in [3.8, 4) is 0 Å². The summed E-state index contributed by atoms with van der Waals surface area (Å²) in [4.78, 5) is 38.7. The Morgan fingerprint density at radius 3 is 2.58 bits per heavy atom. The minimum atomic E-state index is -0.678. The van der Waals surface area contributed by atoms with Crippen molar-refractivity contribution in [3.63, 3.8) is 0 Å². The lowest BCUT2D eigenvalue weighted by atomic mass is 10.1. The molecular formula is C18H16N6O2. The smallest absolute Gasteiger partial charge is 0.284 e. The molecule has 8 nitrogen and oxygen atoms in total. The Morgan fingerprint density at radius 1 is 1.04 bits per heavy atom. The lowest BCUT2D eigenvalue weighted by molar-refractivity contribution is 0.0938. The van der Waals surface area contributed by atoms with E-state index in [0.717, 1.165) is 11.0 Å². The molecule has 0 aliphatic carbocycles. The number of nitrogens with two attached hydrogens (primary N) is 1. The first-order chi connectivity index (χ1) is 12.5. The molecule has 4 rings (SSSR count). The number of imidazole rings is 2. The first kappa shape index (κ1) is 15.8. The van der Waals surface area contributed by atoms with Gasteiger partial charge in [-0.1, -0.05) is 18.2 Å². The number of rotatable bonds is 4. The molecule has 2 aromatic carbocycles. The van der Waals surface area contributed by atoms with E-state index in [0.29, 0.717) is 22.4 Å². The van der Waals surface area contributed by atoms with E-state index in [2.05, 4.69) is 25.3 Å². The van der Waals surface area contributed by atoms with Crippen LogP contribution in [0.15, 0.2) is 42.5 Å². The fourth-order valence-corrected chi connectivity index (χ4v) is 2.85. The van der Waals surface area contributed by atoms with Crippen molar-refractivity contribution in [2.75, 3.05) is 0 Å². The number of nitrogens with one attached hydrogen (secondary N) is 3. The summed E-state index contributed by atoms with van der Waals surface area (Å²) >= 11 is 0. The average Bonchev–Trinajstić information content (AvgIpc) is 3.25. The van der Waals surface area contributed by atoms with Crippen LogP contribution in [-0.2, 0) is 0 Å². The molecule has 0 spiro atoms. The number of hydrogen-bond donors (Lipinski definition) is 4. The normalized spacial score (nSPS) is 12.3. The molecule has 0 fully saturated rings. The van der Waals surface area contributed by atoms with Gasteiger partial charge < -0.3 is 21.0 Å². The van der Waals surface area contributed by atoms with E-state index in [1.807, 2.05) is 31.2 Å². The fraction of sp³-hybridized carbons (Fsp3) is 0.111. The second-order valence-corrected chi connectivity index (χ2v) is 5.99. The SMILES string of the molecule is CC(NC(=O)c1cccc2[nH]c(C(N)=O)nc12)c1nc2ccccc2[nH]1. The maximum Gasteiger partial charge on any atom is 0.284 e. The summed E-state index contributed by atoms with van der Waals surface area (Å²) in [6.45, 7) is 1.84. The van der Waals surface area contributed by atoms with Crippen LogP contribution < -0.4 is 11.1 Å². The van der Waals surface area contributed by atoms with Crippen LogP contribution in [0.2, 0.25) is 0 Å². The van der Waals surface area contributed by atoms with Gasteiger partial charge in [-0.3, -0.25) is 9.59 Å². The number of H-pyrrole nitrogens is 2. The molecule has 1 unspecified atom stereocenters. The van der Waals surface area contributed by atoms with Gasteiger partial charge in [0.05, 0.1) is 28.2 Å². The van der Waals surface area contributed by atoms with Crippen molar-refractivity contribution >= 4 is 33.9 Å². The third-order valence-electron chi connectivity index (χ3n) is 4.16. The highest BCUT2D eigenvalue weighted by Crippen LogP contribution is 2.19. The fourth-order valence-electron chi connectivity index (χ4n) is 2.85. The first-order valence-electron chi connectivity index (χ1n) is 8.07. The van der Waals surface area contributed by atoms with Crippen molar-refractivity contribution in [1.29, 1.82) is 0 Å². The molecule has 2 amide bonds. The molecule has 130 valence electrons. The summed E-state index contributed by atoms with van der Waals surface area (Å²) in [5.41, 5.74) is 8.32. The molecule has 0 radical (unpaired) electrons. The van der Waals surface area contributed by atoms with Crippen LogP contribution in [0.5, 0.6) is 0 Å². The zero-order chi connectivity index (χ0) is 18.3.